The van der Waals surface area contributed by atoms with Crippen molar-refractivity contribution >= 4 is 5.91 Å². The lowest BCUT2D eigenvalue weighted by atomic mass is 9.96. The minimum atomic E-state index is 0.0524. The predicted molar refractivity (Wildman–Crippen MR) is 110 cm³/mol. The average Bonchev–Trinajstić information content (AvgIpc) is 3.23. The van der Waals surface area contributed by atoms with Crippen molar-refractivity contribution in [1.82, 2.24) is 20.1 Å². The monoisotopic (exact) mass is 374 g/mol. The maximum Gasteiger partial charge on any atom is 0.272 e. The number of nitrogens with zero attached hydrogens (tertiary/aromatic N) is 3. The predicted octanol–water partition coefficient (Wildman–Crippen LogP) is 4.41. The Morgan fingerprint density at radius 1 is 1.18 bits per heavy atom. The molecular weight excluding hydrogens is 348 g/mol. The second kappa shape index (κ2) is 8.38. The van der Waals surface area contributed by atoms with Crippen molar-refractivity contribution in [3.63, 3.8) is 0 Å². The smallest absolute Gasteiger partial charge is 0.272 e. The molecule has 1 aromatic carbocycles. The number of H-pyrrole nitrogens is 1. The molecular formula is C23H26N4O. The van der Waals surface area contributed by atoms with Crippen LogP contribution in [0.15, 0.2) is 54.7 Å². The molecule has 1 atom stereocenters. The number of aryl methyl sites for hydroxylation is 2. The van der Waals surface area contributed by atoms with E-state index < -0.39 is 0 Å². The molecule has 28 heavy (non-hydrogen) atoms. The van der Waals surface area contributed by atoms with E-state index in [9.17, 15) is 4.79 Å². The van der Waals surface area contributed by atoms with Gasteiger partial charge in [0.05, 0.1) is 5.69 Å². The molecule has 1 amide bonds. The fourth-order valence-electron chi connectivity index (χ4n) is 3.89. The van der Waals surface area contributed by atoms with Gasteiger partial charge < -0.3 is 4.90 Å². The largest absolute Gasteiger partial charge is 0.334 e. The summed E-state index contributed by atoms with van der Waals surface area (Å²) >= 11 is 0. The molecule has 2 aromatic heterocycles. The highest BCUT2D eigenvalue weighted by atomic mass is 16.2. The number of rotatable bonds is 5. The van der Waals surface area contributed by atoms with Gasteiger partial charge in [0.25, 0.3) is 5.91 Å². The van der Waals surface area contributed by atoms with E-state index in [-0.39, 0.29) is 11.9 Å². The first-order valence-electron chi connectivity index (χ1n) is 10.0. The summed E-state index contributed by atoms with van der Waals surface area (Å²) in [5, 5.41) is 7.32. The third-order valence-electron chi connectivity index (χ3n) is 5.50. The number of aromatic amines is 1. The average molecular weight is 374 g/mol. The lowest BCUT2D eigenvalue weighted by Crippen LogP contribution is -2.44. The van der Waals surface area contributed by atoms with Gasteiger partial charge in [0.2, 0.25) is 0 Å². The summed E-state index contributed by atoms with van der Waals surface area (Å²) in [4.78, 5) is 19.6. The van der Waals surface area contributed by atoms with E-state index in [0.717, 1.165) is 49.2 Å². The molecule has 3 heterocycles. The molecule has 5 heteroatoms. The molecule has 1 N–H and O–H groups in total. The number of likely N-dealkylation sites (tertiary alicyclic amines) is 1. The number of nitrogens with one attached hydrogen (secondary N) is 1. The Kier molecular flexibility index (Phi) is 5.51. The van der Waals surface area contributed by atoms with E-state index in [2.05, 4.69) is 40.3 Å². The van der Waals surface area contributed by atoms with E-state index >= 15 is 0 Å². The second-order valence-corrected chi connectivity index (χ2v) is 7.54. The van der Waals surface area contributed by atoms with Gasteiger partial charge in [0, 0.05) is 30.0 Å². The van der Waals surface area contributed by atoms with Crippen LogP contribution in [0.25, 0.3) is 11.3 Å². The number of carbonyl (C=O) groups is 1. The second-order valence-electron chi connectivity index (χ2n) is 7.54. The Hall–Kier alpha value is -2.95. The van der Waals surface area contributed by atoms with Gasteiger partial charge in [-0.3, -0.25) is 14.9 Å². The Labute approximate surface area is 165 Å². The van der Waals surface area contributed by atoms with Crippen molar-refractivity contribution < 1.29 is 4.79 Å². The van der Waals surface area contributed by atoms with Gasteiger partial charge in [-0.05, 0) is 57.2 Å². The Bertz CT molecular complexity index is 917. The SMILES string of the molecule is Cc1ccc(-c2cc(C(=O)N3CCCC[C@@H]3CCc3ccccn3)[nH]n2)cc1. The van der Waals surface area contributed by atoms with Crippen molar-refractivity contribution in [1.29, 1.82) is 0 Å². The molecule has 0 saturated carbocycles. The lowest BCUT2D eigenvalue weighted by molar-refractivity contribution is 0.0595. The van der Waals surface area contributed by atoms with Crippen molar-refractivity contribution in [2.75, 3.05) is 6.54 Å². The van der Waals surface area contributed by atoms with Crippen LogP contribution in [-0.2, 0) is 6.42 Å². The molecule has 0 aliphatic carbocycles. The zero-order valence-corrected chi connectivity index (χ0v) is 16.3. The van der Waals surface area contributed by atoms with Crippen LogP contribution in [0.1, 0.15) is 47.4 Å². The van der Waals surface area contributed by atoms with E-state index in [0.29, 0.717) is 5.69 Å². The Morgan fingerprint density at radius 2 is 2.04 bits per heavy atom. The number of carbonyl (C=O) groups excluding carboxylic acids is 1. The molecule has 0 bridgehead atoms. The van der Waals surface area contributed by atoms with Gasteiger partial charge in [0.15, 0.2) is 0 Å². The van der Waals surface area contributed by atoms with Crippen molar-refractivity contribution in [2.24, 2.45) is 0 Å². The van der Waals surface area contributed by atoms with Gasteiger partial charge in [-0.1, -0.05) is 35.9 Å². The van der Waals surface area contributed by atoms with Crippen molar-refractivity contribution in [3.05, 3.63) is 71.7 Å². The van der Waals surface area contributed by atoms with E-state index in [1.807, 2.05) is 41.4 Å². The molecule has 0 radical (unpaired) electrons. The van der Waals surface area contributed by atoms with E-state index in [1.165, 1.54) is 12.0 Å². The number of hydrogen-bond donors (Lipinski definition) is 1. The van der Waals surface area contributed by atoms with E-state index in [4.69, 9.17) is 0 Å². The quantitative estimate of drug-likeness (QED) is 0.720. The van der Waals surface area contributed by atoms with Crippen LogP contribution >= 0.6 is 0 Å². The summed E-state index contributed by atoms with van der Waals surface area (Å²) in [5.74, 6) is 0.0524. The number of amides is 1. The standard InChI is InChI=1S/C23H26N4O/c1-17-8-10-18(11-9-17)21-16-22(26-25-21)23(28)27-15-5-3-7-20(27)13-12-19-6-2-4-14-24-19/h2,4,6,8-11,14,16,20H,3,5,7,12-13,15H2,1H3,(H,25,26)/t20-/m1/s1. The van der Waals surface area contributed by atoms with Crippen LogP contribution in [0.2, 0.25) is 0 Å². The van der Waals surface area contributed by atoms with Gasteiger partial charge >= 0.3 is 0 Å². The fraction of sp³-hybridized carbons (Fsp3) is 0.348. The third kappa shape index (κ3) is 4.14. The van der Waals surface area contributed by atoms with Crippen molar-refractivity contribution in [2.45, 2.75) is 45.1 Å². The highest BCUT2D eigenvalue weighted by molar-refractivity contribution is 5.93. The van der Waals surface area contributed by atoms with Gasteiger partial charge in [0.1, 0.15) is 5.69 Å². The Balaban J connectivity index is 1.46. The van der Waals surface area contributed by atoms with Crippen LogP contribution in [0.5, 0.6) is 0 Å². The molecule has 144 valence electrons. The molecule has 1 saturated heterocycles. The summed E-state index contributed by atoms with van der Waals surface area (Å²) in [6.45, 7) is 2.87. The maximum atomic E-state index is 13.2. The summed E-state index contributed by atoms with van der Waals surface area (Å²) in [6, 6.07) is 16.3. The van der Waals surface area contributed by atoms with E-state index in [1.54, 1.807) is 0 Å². The molecule has 1 aliphatic rings. The molecule has 1 aliphatic heterocycles. The maximum absolute atomic E-state index is 13.2. The first kappa shape index (κ1) is 18.4. The number of aromatic nitrogens is 3. The van der Waals surface area contributed by atoms with Crippen LogP contribution in [0, 0.1) is 6.92 Å². The van der Waals surface area contributed by atoms with Gasteiger partial charge in [-0.2, -0.15) is 5.10 Å². The zero-order chi connectivity index (χ0) is 19.3. The molecule has 0 spiro atoms. The molecule has 3 aromatic rings. The van der Waals surface area contributed by atoms with Gasteiger partial charge in [-0.25, -0.2) is 0 Å². The summed E-state index contributed by atoms with van der Waals surface area (Å²) in [7, 11) is 0. The third-order valence-corrected chi connectivity index (χ3v) is 5.50. The molecule has 5 nitrogen and oxygen atoms in total. The zero-order valence-electron chi connectivity index (χ0n) is 16.3. The molecule has 0 unspecified atom stereocenters. The number of benzene rings is 1. The topological polar surface area (TPSA) is 61.9 Å². The summed E-state index contributed by atoms with van der Waals surface area (Å²) in [6.07, 6.45) is 6.96. The minimum Gasteiger partial charge on any atom is -0.334 e. The number of pyridine rings is 1. The van der Waals surface area contributed by atoms with Crippen LogP contribution in [0.3, 0.4) is 0 Å². The summed E-state index contributed by atoms with van der Waals surface area (Å²) in [5.41, 5.74) is 4.69. The minimum absolute atomic E-state index is 0.0524. The normalized spacial score (nSPS) is 16.9. The van der Waals surface area contributed by atoms with Crippen molar-refractivity contribution in [3.8, 4) is 11.3 Å². The lowest BCUT2D eigenvalue weighted by Gasteiger charge is -2.35. The summed E-state index contributed by atoms with van der Waals surface area (Å²) < 4.78 is 0. The first-order valence-corrected chi connectivity index (χ1v) is 10.0. The highest BCUT2D eigenvalue weighted by Crippen LogP contribution is 2.24. The molecule has 4 rings (SSSR count). The van der Waals surface area contributed by atoms with Crippen LogP contribution < -0.4 is 0 Å². The highest BCUT2D eigenvalue weighted by Gasteiger charge is 2.28. The number of hydrogen-bond acceptors (Lipinski definition) is 3. The van der Waals surface area contributed by atoms with Gasteiger partial charge in [-0.15, -0.1) is 0 Å². The molecule has 1 fully saturated rings. The van der Waals surface area contributed by atoms with Crippen LogP contribution in [0.4, 0.5) is 0 Å². The first-order chi connectivity index (χ1) is 13.7. The fourth-order valence-corrected chi connectivity index (χ4v) is 3.89. The van der Waals surface area contributed by atoms with Crippen LogP contribution in [-0.4, -0.2) is 38.6 Å². The number of piperidine rings is 1. The Morgan fingerprint density at radius 3 is 2.82 bits per heavy atom.